The molecule has 3 heteroatoms. The summed E-state index contributed by atoms with van der Waals surface area (Å²) >= 11 is 6.26. The number of ether oxygens (including phenoxy) is 1. The normalized spacial score (nSPS) is 13.1. The first-order valence-electron chi connectivity index (χ1n) is 6.54. The molecule has 20 heavy (non-hydrogen) atoms. The van der Waals surface area contributed by atoms with Crippen molar-refractivity contribution in [2.24, 2.45) is 0 Å². The molecule has 1 N–H and O–H groups in total. The van der Waals surface area contributed by atoms with Crippen LogP contribution in [-0.4, -0.2) is 12.2 Å². The Labute approximate surface area is 125 Å². The molecule has 0 aromatic heterocycles. The fraction of sp³-hybridized carbons (Fsp3) is 0.294. The SMILES string of the molecule is COc1ccc(C(O)C(C)(C)c2ccccc2)c(Cl)c1. The Bertz CT molecular complexity index is 579. The molecule has 0 saturated heterocycles. The lowest BCUT2D eigenvalue weighted by Crippen LogP contribution is -2.27. The number of aliphatic hydroxyl groups excluding tert-OH is 1. The van der Waals surface area contributed by atoms with Gasteiger partial charge in [0.1, 0.15) is 5.75 Å². The van der Waals surface area contributed by atoms with E-state index in [0.29, 0.717) is 16.3 Å². The summed E-state index contributed by atoms with van der Waals surface area (Å²) in [6, 6.07) is 15.3. The van der Waals surface area contributed by atoms with Crippen molar-refractivity contribution in [1.29, 1.82) is 0 Å². The summed E-state index contributed by atoms with van der Waals surface area (Å²) in [7, 11) is 1.59. The summed E-state index contributed by atoms with van der Waals surface area (Å²) in [5.41, 5.74) is 1.35. The van der Waals surface area contributed by atoms with Gasteiger partial charge in [-0.05, 0) is 17.7 Å². The van der Waals surface area contributed by atoms with Gasteiger partial charge in [-0.2, -0.15) is 0 Å². The Morgan fingerprint density at radius 1 is 1.10 bits per heavy atom. The molecule has 0 aliphatic rings. The third-order valence-corrected chi connectivity index (χ3v) is 4.03. The minimum absolute atomic E-state index is 0.431. The van der Waals surface area contributed by atoms with Crippen LogP contribution in [0.4, 0.5) is 0 Å². The zero-order chi connectivity index (χ0) is 14.8. The standard InChI is InChI=1S/C17H19ClO2/c1-17(2,12-7-5-4-6-8-12)16(19)14-10-9-13(20-3)11-15(14)18/h4-11,16,19H,1-3H3. The maximum Gasteiger partial charge on any atom is 0.120 e. The van der Waals surface area contributed by atoms with Gasteiger partial charge in [0.15, 0.2) is 0 Å². The lowest BCUT2D eigenvalue weighted by Gasteiger charge is -2.32. The van der Waals surface area contributed by atoms with Gasteiger partial charge in [0.25, 0.3) is 0 Å². The average Bonchev–Trinajstić information content (AvgIpc) is 2.47. The molecule has 0 spiro atoms. The van der Waals surface area contributed by atoms with Crippen LogP contribution in [0.15, 0.2) is 48.5 Å². The van der Waals surface area contributed by atoms with Crippen LogP contribution in [0.2, 0.25) is 5.02 Å². The van der Waals surface area contributed by atoms with E-state index in [4.69, 9.17) is 16.3 Å². The Morgan fingerprint density at radius 2 is 1.75 bits per heavy atom. The first-order valence-corrected chi connectivity index (χ1v) is 6.91. The van der Waals surface area contributed by atoms with Gasteiger partial charge in [-0.15, -0.1) is 0 Å². The Morgan fingerprint density at radius 3 is 2.30 bits per heavy atom. The maximum atomic E-state index is 10.7. The molecule has 2 rings (SSSR count). The van der Waals surface area contributed by atoms with Crippen LogP contribution in [0.25, 0.3) is 0 Å². The predicted octanol–water partition coefficient (Wildman–Crippen LogP) is 4.36. The highest BCUT2D eigenvalue weighted by Gasteiger charge is 2.32. The third-order valence-electron chi connectivity index (χ3n) is 3.70. The van der Waals surface area contributed by atoms with Crippen LogP contribution in [0.5, 0.6) is 5.75 Å². The summed E-state index contributed by atoms with van der Waals surface area (Å²) in [5, 5.41) is 11.2. The number of benzene rings is 2. The minimum Gasteiger partial charge on any atom is -0.497 e. The summed E-state index contributed by atoms with van der Waals surface area (Å²) in [4.78, 5) is 0. The molecule has 2 aromatic rings. The van der Waals surface area contributed by atoms with Crippen molar-refractivity contribution in [1.82, 2.24) is 0 Å². The summed E-state index contributed by atoms with van der Waals surface area (Å²) in [6.45, 7) is 4.02. The number of rotatable bonds is 4. The molecule has 0 saturated carbocycles. The van der Waals surface area contributed by atoms with E-state index in [0.717, 1.165) is 5.56 Å². The van der Waals surface area contributed by atoms with Crippen molar-refractivity contribution >= 4 is 11.6 Å². The zero-order valence-corrected chi connectivity index (χ0v) is 12.7. The molecule has 0 fully saturated rings. The smallest absolute Gasteiger partial charge is 0.120 e. The molecular formula is C17H19ClO2. The molecular weight excluding hydrogens is 272 g/mol. The Kier molecular flexibility index (Phi) is 4.36. The molecule has 1 unspecified atom stereocenters. The largest absolute Gasteiger partial charge is 0.497 e. The van der Waals surface area contributed by atoms with Gasteiger partial charge in [-0.25, -0.2) is 0 Å². The molecule has 0 heterocycles. The second kappa shape index (κ2) is 5.86. The lowest BCUT2D eigenvalue weighted by molar-refractivity contribution is 0.100. The number of aliphatic hydroxyl groups is 1. The van der Waals surface area contributed by atoms with Crippen LogP contribution in [0.1, 0.15) is 31.1 Å². The molecule has 1 atom stereocenters. The van der Waals surface area contributed by atoms with Crippen molar-refractivity contribution in [2.45, 2.75) is 25.4 Å². The van der Waals surface area contributed by atoms with Crippen molar-refractivity contribution in [3.63, 3.8) is 0 Å². The second-order valence-corrected chi connectivity index (χ2v) is 5.78. The lowest BCUT2D eigenvalue weighted by atomic mass is 9.77. The molecule has 0 aliphatic carbocycles. The number of hydrogen-bond donors (Lipinski definition) is 1. The topological polar surface area (TPSA) is 29.5 Å². The van der Waals surface area contributed by atoms with E-state index in [1.807, 2.05) is 56.3 Å². The Balaban J connectivity index is 2.38. The van der Waals surface area contributed by atoms with Gasteiger partial charge in [0.05, 0.1) is 18.2 Å². The van der Waals surface area contributed by atoms with Gasteiger partial charge in [0, 0.05) is 11.0 Å². The monoisotopic (exact) mass is 290 g/mol. The second-order valence-electron chi connectivity index (χ2n) is 5.38. The minimum atomic E-state index is -0.691. The maximum absolute atomic E-state index is 10.7. The van der Waals surface area contributed by atoms with Gasteiger partial charge in [0.2, 0.25) is 0 Å². The van der Waals surface area contributed by atoms with E-state index in [9.17, 15) is 5.11 Å². The van der Waals surface area contributed by atoms with Crippen LogP contribution in [-0.2, 0) is 5.41 Å². The first kappa shape index (κ1) is 14.9. The molecule has 0 radical (unpaired) electrons. The number of hydrogen-bond acceptors (Lipinski definition) is 2. The highest BCUT2D eigenvalue weighted by molar-refractivity contribution is 6.31. The molecule has 2 aromatic carbocycles. The van der Waals surface area contributed by atoms with Crippen molar-refractivity contribution in [2.75, 3.05) is 7.11 Å². The molecule has 106 valence electrons. The molecule has 0 bridgehead atoms. The van der Waals surface area contributed by atoms with E-state index in [1.165, 1.54) is 0 Å². The Hall–Kier alpha value is -1.51. The molecule has 2 nitrogen and oxygen atoms in total. The number of halogens is 1. The fourth-order valence-corrected chi connectivity index (χ4v) is 2.54. The van der Waals surface area contributed by atoms with Crippen LogP contribution >= 0.6 is 11.6 Å². The first-order chi connectivity index (χ1) is 9.46. The molecule has 0 aliphatic heterocycles. The zero-order valence-electron chi connectivity index (χ0n) is 11.9. The fourth-order valence-electron chi connectivity index (χ4n) is 2.27. The van der Waals surface area contributed by atoms with Crippen molar-refractivity contribution < 1.29 is 9.84 Å². The van der Waals surface area contributed by atoms with Gasteiger partial charge < -0.3 is 9.84 Å². The highest BCUT2D eigenvalue weighted by Crippen LogP contribution is 2.40. The van der Waals surface area contributed by atoms with E-state index < -0.39 is 11.5 Å². The van der Waals surface area contributed by atoms with E-state index in [-0.39, 0.29) is 0 Å². The van der Waals surface area contributed by atoms with Gasteiger partial charge >= 0.3 is 0 Å². The van der Waals surface area contributed by atoms with E-state index >= 15 is 0 Å². The number of methoxy groups -OCH3 is 1. The summed E-state index contributed by atoms with van der Waals surface area (Å²) in [6.07, 6.45) is -0.691. The van der Waals surface area contributed by atoms with E-state index in [2.05, 4.69) is 0 Å². The summed E-state index contributed by atoms with van der Waals surface area (Å²) < 4.78 is 5.13. The van der Waals surface area contributed by atoms with Gasteiger partial charge in [-0.1, -0.05) is 61.8 Å². The van der Waals surface area contributed by atoms with Crippen LogP contribution < -0.4 is 4.74 Å². The highest BCUT2D eigenvalue weighted by atomic mass is 35.5. The molecule has 0 amide bonds. The van der Waals surface area contributed by atoms with Crippen molar-refractivity contribution in [3.05, 3.63) is 64.7 Å². The average molecular weight is 291 g/mol. The van der Waals surface area contributed by atoms with Crippen LogP contribution in [0, 0.1) is 0 Å². The van der Waals surface area contributed by atoms with Crippen LogP contribution in [0.3, 0.4) is 0 Å². The summed E-state index contributed by atoms with van der Waals surface area (Å²) in [5.74, 6) is 0.684. The van der Waals surface area contributed by atoms with E-state index in [1.54, 1.807) is 13.2 Å². The predicted molar refractivity (Wildman–Crippen MR) is 82.4 cm³/mol. The third kappa shape index (κ3) is 2.82. The van der Waals surface area contributed by atoms with Gasteiger partial charge in [-0.3, -0.25) is 0 Å². The van der Waals surface area contributed by atoms with Crippen molar-refractivity contribution in [3.8, 4) is 5.75 Å². The quantitative estimate of drug-likeness (QED) is 0.906.